The minimum atomic E-state index is -4.63. The summed E-state index contributed by atoms with van der Waals surface area (Å²) in [5, 5.41) is 9.61. The lowest BCUT2D eigenvalue weighted by Crippen LogP contribution is -2.40. The number of hydrogen-bond acceptors (Lipinski definition) is 6. The van der Waals surface area contributed by atoms with Crippen LogP contribution in [0.5, 0.6) is 0 Å². The third-order valence-corrected chi connectivity index (χ3v) is 3.24. The molecule has 0 fully saturated rings. The van der Waals surface area contributed by atoms with Crippen molar-refractivity contribution in [2.45, 2.75) is 32.9 Å². The fourth-order valence-corrected chi connectivity index (χ4v) is 1.91. The van der Waals surface area contributed by atoms with Gasteiger partial charge in [-0.2, -0.15) is 13.2 Å². The summed E-state index contributed by atoms with van der Waals surface area (Å²) in [5.74, 6) is -1.50. The van der Waals surface area contributed by atoms with Gasteiger partial charge < -0.3 is 0 Å². The standard InChI is InChI=1S/C14H20F3N5O3/c1-9(2)3-4-10(7-22(25)8-23)12(24)20-21-13-18-6-5-11(19-13)14(15,16)17/h5-6,8-10,25H,3-4,7H2,1-2H3,(H,20,24)(H,18,19,21)/t10-/m1/s1. The van der Waals surface area contributed by atoms with E-state index in [0.717, 1.165) is 6.20 Å². The molecule has 0 spiro atoms. The van der Waals surface area contributed by atoms with Crippen molar-refractivity contribution in [1.29, 1.82) is 0 Å². The Hall–Kier alpha value is -2.43. The molecule has 0 aliphatic carbocycles. The average molecular weight is 363 g/mol. The molecule has 1 heterocycles. The third kappa shape index (κ3) is 7.33. The molecule has 1 aromatic heterocycles. The maximum atomic E-state index is 12.6. The number of amides is 2. The molecule has 0 aromatic carbocycles. The zero-order chi connectivity index (χ0) is 19.0. The molecule has 2 amide bonds. The molecule has 0 saturated heterocycles. The molecular formula is C14H20F3N5O3. The molecular weight excluding hydrogens is 343 g/mol. The summed E-state index contributed by atoms with van der Waals surface area (Å²) in [7, 11) is 0. The van der Waals surface area contributed by atoms with E-state index >= 15 is 0 Å². The SMILES string of the molecule is CC(C)CC[C@H](CN(O)C=O)C(=O)NNc1nccc(C(F)(F)F)n1. The number of aromatic nitrogens is 2. The summed E-state index contributed by atoms with van der Waals surface area (Å²) in [6.45, 7) is 3.65. The number of hydrogen-bond donors (Lipinski definition) is 3. The van der Waals surface area contributed by atoms with Crippen molar-refractivity contribution in [3.05, 3.63) is 18.0 Å². The lowest BCUT2D eigenvalue weighted by Gasteiger charge is -2.20. The number of rotatable bonds is 9. The summed E-state index contributed by atoms with van der Waals surface area (Å²) in [4.78, 5) is 29.5. The maximum absolute atomic E-state index is 12.6. The number of alkyl halides is 3. The maximum Gasteiger partial charge on any atom is 0.433 e. The highest BCUT2D eigenvalue weighted by Gasteiger charge is 2.32. The smallest absolute Gasteiger partial charge is 0.286 e. The number of hydroxylamine groups is 2. The van der Waals surface area contributed by atoms with Gasteiger partial charge in [0, 0.05) is 6.20 Å². The number of hydrazine groups is 1. The van der Waals surface area contributed by atoms with Gasteiger partial charge >= 0.3 is 6.18 Å². The largest absolute Gasteiger partial charge is 0.433 e. The van der Waals surface area contributed by atoms with Gasteiger partial charge in [-0.3, -0.25) is 25.6 Å². The number of nitrogens with one attached hydrogen (secondary N) is 2. The molecule has 8 nitrogen and oxygen atoms in total. The topological polar surface area (TPSA) is 107 Å². The van der Waals surface area contributed by atoms with Crippen molar-refractivity contribution >= 4 is 18.3 Å². The average Bonchev–Trinajstić information content (AvgIpc) is 2.55. The van der Waals surface area contributed by atoms with Crippen LogP contribution in [0.4, 0.5) is 19.1 Å². The van der Waals surface area contributed by atoms with Gasteiger partial charge in [-0.1, -0.05) is 20.3 Å². The third-order valence-electron chi connectivity index (χ3n) is 3.24. The van der Waals surface area contributed by atoms with Crippen LogP contribution in [0.1, 0.15) is 32.4 Å². The van der Waals surface area contributed by atoms with E-state index in [1.165, 1.54) is 0 Å². The van der Waals surface area contributed by atoms with Gasteiger partial charge in [0.2, 0.25) is 18.3 Å². The lowest BCUT2D eigenvalue weighted by molar-refractivity contribution is -0.154. The second-order valence-electron chi connectivity index (χ2n) is 5.77. The molecule has 0 saturated carbocycles. The first kappa shape index (κ1) is 20.6. The van der Waals surface area contributed by atoms with Crippen molar-refractivity contribution < 1.29 is 28.0 Å². The fourth-order valence-electron chi connectivity index (χ4n) is 1.91. The summed E-state index contributed by atoms with van der Waals surface area (Å²) in [6.07, 6.45) is -2.53. The monoisotopic (exact) mass is 363 g/mol. The Kier molecular flexibility index (Phi) is 7.55. The van der Waals surface area contributed by atoms with Gasteiger partial charge in [-0.15, -0.1) is 0 Å². The van der Waals surface area contributed by atoms with E-state index in [1.54, 1.807) is 0 Å². The zero-order valence-electron chi connectivity index (χ0n) is 13.7. The Morgan fingerprint density at radius 3 is 2.64 bits per heavy atom. The van der Waals surface area contributed by atoms with Crippen LogP contribution in [-0.2, 0) is 15.8 Å². The molecule has 0 unspecified atom stereocenters. The van der Waals surface area contributed by atoms with Crippen molar-refractivity contribution in [3.63, 3.8) is 0 Å². The predicted molar refractivity (Wildman–Crippen MR) is 80.9 cm³/mol. The van der Waals surface area contributed by atoms with Gasteiger partial charge in [0.15, 0.2) is 0 Å². The highest BCUT2D eigenvalue weighted by atomic mass is 19.4. The molecule has 11 heteroatoms. The second kappa shape index (κ2) is 9.16. The number of carbonyl (C=O) groups excluding carboxylic acids is 2. The van der Waals surface area contributed by atoms with Crippen molar-refractivity contribution in [2.75, 3.05) is 12.0 Å². The van der Waals surface area contributed by atoms with Gasteiger partial charge in [0.1, 0.15) is 5.69 Å². The Balaban J connectivity index is 2.71. The summed E-state index contributed by atoms with van der Waals surface area (Å²) in [6, 6.07) is 0.701. The molecule has 0 aliphatic rings. The van der Waals surface area contributed by atoms with E-state index in [9.17, 15) is 28.0 Å². The van der Waals surface area contributed by atoms with E-state index in [4.69, 9.17) is 0 Å². The van der Waals surface area contributed by atoms with E-state index in [-0.39, 0.29) is 13.0 Å². The van der Waals surface area contributed by atoms with Gasteiger partial charge in [0.25, 0.3) is 0 Å². The molecule has 1 atom stereocenters. The van der Waals surface area contributed by atoms with Crippen LogP contribution in [0.2, 0.25) is 0 Å². The van der Waals surface area contributed by atoms with E-state index in [2.05, 4.69) is 20.8 Å². The molecule has 1 rings (SSSR count). The fraction of sp³-hybridized carbons (Fsp3) is 0.571. The van der Waals surface area contributed by atoms with Gasteiger partial charge in [-0.05, 0) is 18.4 Å². The van der Waals surface area contributed by atoms with Crippen molar-refractivity contribution in [3.8, 4) is 0 Å². The van der Waals surface area contributed by atoms with Crippen LogP contribution in [0, 0.1) is 11.8 Å². The highest BCUT2D eigenvalue weighted by molar-refractivity contribution is 5.80. The highest BCUT2D eigenvalue weighted by Crippen LogP contribution is 2.27. The molecule has 1 aromatic rings. The van der Waals surface area contributed by atoms with E-state index in [0.29, 0.717) is 29.9 Å². The van der Waals surface area contributed by atoms with E-state index < -0.39 is 29.6 Å². The normalized spacial score (nSPS) is 12.6. The summed E-state index contributed by atoms with van der Waals surface area (Å²) >= 11 is 0. The Labute approximate surface area is 142 Å². The lowest BCUT2D eigenvalue weighted by atomic mass is 9.97. The Morgan fingerprint density at radius 2 is 2.08 bits per heavy atom. The number of nitrogens with zero attached hydrogens (tertiary/aromatic N) is 3. The van der Waals surface area contributed by atoms with Gasteiger partial charge in [-0.25, -0.2) is 15.0 Å². The quantitative estimate of drug-likeness (QED) is 0.351. The Bertz CT molecular complexity index is 583. The first-order valence-corrected chi connectivity index (χ1v) is 7.50. The summed E-state index contributed by atoms with van der Waals surface area (Å²) < 4.78 is 37.7. The van der Waals surface area contributed by atoms with E-state index in [1.807, 2.05) is 13.8 Å². The first-order chi connectivity index (χ1) is 11.6. The van der Waals surface area contributed by atoms with Crippen LogP contribution in [0.25, 0.3) is 0 Å². The van der Waals surface area contributed by atoms with Gasteiger partial charge in [0.05, 0.1) is 12.5 Å². The second-order valence-corrected chi connectivity index (χ2v) is 5.77. The number of halogens is 3. The van der Waals surface area contributed by atoms with Crippen LogP contribution in [0.15, 0.2) is 12.3 Å². The molecule has 3 N–H and O–H groups in total. The molecule has 140 valence electrons. The first-order valence-electron chi connectivity index (χ1n) is 7.50. The summed E-state index contributed by atoms with van der Waals surface area (Å²) in [5.41, 5.74) is 3.25. The number of anilines is 1. The molecule has 0 aliphatic heterocycles. The van der Waals surface area contributed by atoms with Crippen molar-refractivity contribution in [2.24, 2.45) is 11.8 Å². The van der Waals surface area contributed by atoms with Crippen LogP contribution in [0.3, 0.4) is 0 Å². The van der Waals surface area contributed by atoms with Crippen LogP contribution in [-0.4, -0.2) is 39.1 Å². The predicted octanol–water partition coefficient (Wildman–Crippen LogP) is 1.84. The minimum absolute atomic E-state index is 0.166. The molecule has 25 heavy (non-hydrogen) atoms. The van der Waals surface area contributed by atoms with Crippen molar-refractivity contribution in [1.82, 2.24) is 20.5 Å². The minimum Gasteiger partial charge on any atom is -0.286 e. The Morgan fingerprint density at radius 1 is 1.40 bits per heavy atom. The molecule has 0 bridgehead atoms. The van der Waals surface area contributed by atoms with Crippen LogP contribution < -0.4 is 10.9 Å². The number of carbonyl (C=O) groups is 2. The molecule has 0 radical (unpaired) electrons. The zero-order valence-corrected chi connectivity index (χ0v) is 13.7. The van der Waals surface area contributed by atoms with Crippen LogP contribution >= 0.6 is 0 Å².